The molecule has 0 aromatic rings. The molecule has 0 fully saturated rings. The maximum atomic E-state index is 7.87. The molecule has 0 heterocycles. The molecule has 2 nitrogen and oxygen atoms in total. The summed E-state index contributed by atoms with van der Waals surface area (Å²) in [6.45, 7) is 0. The van der Waals surface area contributed by atoms with Crippen LogP contribution in [0.4, 0.5) is 0 Å². The molecule has 42 valence electrons. The van der Waals surface area contributed by atoms with E-state index in [1.54, 1.807) is 0 Å². The second kappa shape index (κ2) is 6.10. The Balaban J connectivity index is -0.0000000800. The van der Waals surface area contributed by atoms with Crippen LogP contribution in [0.5, 0.6) is 0 Å². The van der Waals surface area contributed by atoms with Gasteiger partial charge in [-0.05, 0) is 11.8 Å². The van der Waals surface area contributed by atoms with Crippen molar-refractivity contribution in [2.45, 2.75) is 0 Å². The van der Waals surface area contributed by atoms with Gasteiger partial charge in [0.25, 0.3) is 0 Å². The molecule has 2 N–H and O–H groups in total. The normalized spacial score (nSPS) is 8.43. The van der Waals surface area contributed by atoms with Crippen LogP contribution in [0, 0.1) is 0 Å². The van der Waals surface area contributed by atoms with E-state index in [2.05, 4.69) is 24.1 Å². The molecule has 0 radical (unpaired) electrons. The minimum atomic E-state index is -3.11. The third-order valence-corrected chi connectivity index (χ3v) is 0. The first-order chi connectivity index (χ1) is 2.00. The van der Waals surface area contributed by atoms with E-state index < -0.39 is 5.69 Å². The SMILES string of the molecule is OP(O)(=S)S.P.[Zn]. The van der Waals surface area contributed by atoms with Crippen molar-refractivity contribution >= 4 is 39.6 Å². The Hall–Kier alpha value is 1.97. The summed E-state index contributed by atoms with van der Waals surface area (Å²) in [5.74, 6) is 0. The zero-order valence-electron chi connectivity index (χ0n) is 3.61. The summed E-state index contributed by atoms with van der Waals surface area (Å²) in [6.07, 6.45) is 0. The fraction of sp³-hybridized carbons (Fsp3) is 0. The van der Waals surface area contributed by atoms with Crippen LogP contribution >= 0.6 is 27.8 Å². The van der Waals surface area contributed by atoms with E-state index >= 15 is 0 Å². The smallest absolute Gasteiger partial charge is 0.239 e. The molecule has 1 atom stereocenters. The zero-order chi connectivity index (χ0) is 4.50. The summed E-state index contributed by atoms with van der Waals surface area (Å²) in [5, 5.41) is 0. The fourth-order valence-corrected chi connectivity index (χ4v) is 0. The van der Waals surface area contributed by atoms with Gasteiger partial charge in [-0.25, -0.2) is 0 Å². The minimum Gasteiger partial charge on any atom is -0.338 e. The quantitative estimate of drug-likeness (QED) is 0.315. The van der Waals surface area contributed by atoms with E-state index in [1.807, 2.05) is 0 Å². The molecule has 0 bridgehead atoms. The van der Waals surface area contributed by atoms with Crippen LogP contribution in [-0.2, 0) is 31.3 Å². The molecule has 0 aliphatic heterocycles. The number of hydrogen-bond donors (Lipinski definition) is 3. The molecule has 0 amide bonds. The number of rotatable bonds is 0. The van der Waals surface area contributed by atoms with E-state index in [0.29, 0.717) is 0 Å². The molecular formula is H6O2P2S2Zn. The second-order valence-electron chi connectivity index (χ2n) is 0.513. The van der Waals surface area contributed by atoms with Crippen molar-refractivity contribution < 1.29 is 29.3 Å². The van der Waals surface area contributed by atoms with Crippen molar-refractivity contribution in [1.29, 1.82) is 0 Å². The van der Waals surface area contributed by atoms with Gasteiger partial charge in [-0.3, -0.25) is 0 Å². The van der Waals surface area contributed by atoms with Crippen molar-refractivity contribution in [3.8, 4) is 0 Å². The molecule has 7 heavy (non-hydrogen) atoms. The van der Waals surface area contributed by atoms with Gasteiger partial charge in [-0.15, -0.1) is 0 Å². The zero-order valence-corrected chi connectivity index (χ0v) is 10.6. The topological polar surface area (TPSA) is 40.5 Å². The monoisotopic (exact) mass is 228 g/mol. The van der Waals surface area contributed by atoms with E-state index in [4.69, 9.17) is 9.79 Å². The standard InChI is InChI=1S/H3O2PS2.H3P.Zn/c1-3(2,4)5;;/h(H3,1,2,4,5);1H3;. The van der Waals surface area contributed by atoms with Gasteiger partial charge in [-0.1, -0.05) is 12.2 Å². The Labute approximate surface area is 68.8 Å². The minimum absolute atomic E-state index is 0. The summed E-state index contributed by atoms with van der Waals surface area (Å²) in [4.78, 5) is 15.7. The van der Waals surface area contributed by atoms with E-state index in [-0.39, 0.29) is 29.4 Å². The molecule has 0 saturated heterocycles. The van der Waals surface area contributed by atoms with Gasteiger partial charge < -0.3 is 9.79 Å². The van der Waals surface area contributed by atoms with Crippen molar-refractivity contribution in [2.24, 2.45) is 0 Å². The summed E-state index contributed by atoms with van der Waals surface area (Å²) in [5.41, 5.74) is -3.11. The molecule has 0 rings (SSSR count). The van der Waals surface area contributed by atoms with Gasteiger partial charge in [0.2, 0.25) is 5.69 Å². The maximum Gasteiger partial charge on any atom is 0.239 e. The van der Waals surface area contributed by atoms with Crippen LogP contribution in [0.15, 0.2) is 0 Å². The van der Waals surface area contributed by atoms with E-state index in [1.165, 1.54) is 0 Å². The fourth-order valence-electron chi connectivity index (χ4n) is 0. The molecule has 0 aromatic heterocycles. The van der Waals surface area contributed by atoms with Crippen LogP contribution in [0.3, 0.4) is 0 Å². The van der Waals surface area contributed by atoms with Gasteiger partial charge in [0, 0.05) is 19.5 Å². The van der Waals surface area contributed by atoms with Crippen LogP contribution < -0.4 is 0 Å². The third kappa shape index (κ3) is 73.1. The Morgan fingerprint density at radius 2 is 1.43 bits per heavy atom. The Morgan fingerprint density at radius 1 is 1.43 bits per heavy atom. The summed E-state index contributed by atoms with van der Waals surface area (Å²) >= 11 is 7.07. The summed E-state index contributed by atoms with van der Waals surface area (Å²) < 4.78 is 0. The van der Waals surface area contributed by atoms with Crippen molar-refractivity contribution in [3.05, 3.63) is 0 Å². The predicted octanol–water partition coefficient (Wildman–Crippen LogP) is 0.181. The first-order valence-electron chi connectivity index (χ1n) is 0.783. The Morgan fingerprint density at radius 3 is 1.43 bits per heavy atom. The number of thiol groups is 1. The molecule has 0 saturated carbocycles. The number of hydrogen-bond acceptors (Lipinski definition) is 1. The second-order valence-corrected chi connectivity index (χ2v) is 5.55. The molecule has 1 unspecified atom stereocenters. The maximum absolute atomic E-state index is 7.87. The van der Waals surface area contributed by atoms with Gasteiger partial charge >= 0.3 is 0 Å². The van der Waals surface area contributed by atoms with Crippen LogP contribution in [0.25, 0.3) is 0 Å². The summed E-state index contributed by atoms with van der Waals surface area (Å²) in [7, 11) is 0. The molecule has 0 aliphatic rings. The van der Waals surface area contributed by atoms with Crippen LogP contribution in [0.1, 0.15) is 0 Å². The van der Waals surface area contributed by atoms with Crippen molar-refractivity contribution in [3.63, 3.8) is 0 Å². The predicted molar refractivity (Wildman–Crippen MR) is 38.8 cm³/mol. The third-order valence-electron chi connectivity index (χ3n) is 0. The summed E-state index contributed by atoms with van der Waals surface area (Å²) in [6, 6.07) is 0. The molecule has 0 aromatic carbocycles. The van der Waals surface area contributed by atoms with Gasteiger partial charge in [0.1, 0.15) is 0 Å². The Kier molecular flexibility index (Phi) is 13.9. The first kappa shape index (κ1) is 16.0. The van der Waals surface area contributed by atoms with Gasteiger partial charge in [-0.2, -0.15) is 9.90 Å². The average molecular weight is 230 g/mol. The first-order valence-corrected chi connectivity index (χ1v) is 4.64. The van der Waals surface area contributed by atoms with Gasteiger partial charge in [0.15, 0.2) is 0 Å². The van der Waals surface area contributed by atoms with Crippen molar-refractivity contribution in [1.82, 2.24) is 0 Å². The van der Waals surface area contributed by atoms with Crippen LogP contribution in [0.2, 0.25) is 0 Å². The van der Waals surface area contributed by atoms with E-state index in [9.17, 15) is 0 Å². The average Bonchev–Trinajstić information content (AvgIpc) is 0.722. The molecule has 0 spiro atoms. The van der Waals surface area contributed by atoms with Crippen molar-refractivity contribution in [2.75, 3.05) is 0 Å². The molecule has 7 heteroatoms. The molecule has 0 aliphatic carbocycles. The van der Waals surface area contributed by atoms with Crippen LogP contribution in [-0.4, -0.2) is 9.79 Å². The van der Waals surface area contributed by atoms with Gasteiger partial charge in [0.05, 0.1) is 0 Å². The largest absolute Gasteiger partial charge is 0.338 e. The Bertz CT molecular complexity index is 59.8. The molecular weight excluding hydrogens is 223 g/mol. The van der Waals surface area contributed by atoms with E-state index in [0.717, 1.165) is 0 Å².